The third-order valence-corrected chi connectivity index (χ3v) is 8.30. The van der Waals surface area contributed by atoms with Crippen molar-refractivity contribution in [2.45, 2.75) is 70.4 Å². The minimum absolute atomic E-state index is 0.0859. The van der Waals surface area contributed by atoms with Crippen LogP contribution in [-0.4, -0.2) is 37.1 Å². The topological polar surface area (TPSA) is 83.7 Å². The van der Waals surface area contributed by atoms with Gasteiger partial charge in [-0.05, 0) is 65.8 Å². The van der Waals surface area contributed by atoms with Crippen molar-refractivity contribution < 1.29 is 19.1 Å². The second kappa shape index (κ2) is 13.1. The van der Waals surface area contributed by atoms with Gasteiger partial charge < -0.3 is 19.8 Å². The van der Waals surface area contributed by atoms with Crippen molar-refractivity contribution in [3.8, 4) is 11.5 Å². The first-order valence-corrected chi connectivity index (χ1v) is 14.9. The Morgan fingerprint density at radius 3 is 2.29 bits per heavy atom. The van der Waals surface area contributed by atoms with E-state index < -0.39 is 6.04 Å². The fourth-order valence-corrected chi connectivity index (χ4v) is 5.95. The summed E-state index contributed by atoms with van der Waals surface area (Å²) in [5.41, 5.74) is 4.35. The molecule has 1 aliphatic carbocycles. The number of carbonyl (C=O) groups is 2. The van der Waals surface area contributed by atoms with E-state index in [9.17, 15) is 9.59 Å². The van der Waals surface area contributed by atoms with E-state index in [1.807, 2.05) is 60.8 Å². The molecule has 1 heterocycles. The summed E-state index contributed by atoms with van der Waals surface area (Å²) in [6, 6.07) is 20.5. The second-order valence-corrected chi connectivity index (χ2v) is 11.4. The molecule has 42 heavy (non-hydrogen) atoms. The van der Waals surface area contributed by atoms with Crippen LogP contribution in [0.25, 0.3) is 10.9 Å². The highest BCUT2D eigenvalue weighted by Gasteiger charge is 2.35. The maximum Gasteiger partial charge on any atom is 0.248 e. The van der Waals surface area contributed by atoms with Crippen LogP contribution in [0.5, 0.6) is 11.5 Å². The Balaban J connectivity index is 1.60. The van der Waals surface area contributed by atoms with Crippen LogP contribution in [0.3, 0.4) is 0 Å². The van der Waals surface area contributed by atoms with E-state index in [0.29, 0.717) is 28.7 Å². The molecule has 1 unspecified atom stereocenters. The number of hydrogen-bond donors (Lipinski definition) is 2. The molecule has 2 amide bonds. The standard InChI is InChI=1S/C35H41N3O4/c1-23(2)24-14-17-28(18-15-24)38(33(39)21-26-22-36-30-13-9-8-12-29(26)30)34(35(40)37-27-10-6-5-7-11-27)25-16-19-31(41-3)32(20-25)42-4/h8-9,12-20,22-23,27,34,36H,5-7,10-11,21H2,1-4H3,(H,37,40). The van der Waals surface area contributed by atoms with Crippen LogP contribution in [0.2, 0.25) is 0 Å². The number of hydrogen-bond acceptors (Lipinski definition) is 4. The number of carbonyl (C=O) groups excluding carboxylic acids is 2. The maximum atomic E-state index is 14.4. The van der Waals surface area contributed by atoms with E-state index in [4.69, 9.17) is 9.47 Å². The first kappa shape index (κ1) is 29.2. The molecule has 1 aliphatic rings. The molecule has 3 aromatic carbocycles. The molecule has 1 saturated carbocycles. The summed E-state index contributed by atoms with van der Waals surface area (Å²) in [5, 5.41) is 4.29. The van der Waals surface area contributed by atoms with Crippen LogP contribution in [0.4, 0.5) is 5.69 Å². The Bertz CT molecular complexity index is 1520. The molecule has 5 rings (SSSR count). The molecule has 1 fully saturated rings. The summed E-state index contributed by atoms with van der Waals surface area (Å²) < 4.78 is 11.1. The summed E-state index contributed by atoms with van der Waals surface area (Å²) in [6.07, 6.45) is 7.26. The maximum absolute atomic E-state index is 14.4. The van der Waals surface area contributed by atoms with Crippen LogP contribution in [0.1, 0.15) is 74.6 Å². The lowest BCUT2D eigenvalue weighted by atomic mass is 9.94. The van der Waals surface area contributed by atoms with E-state index in [2.05, 4.69) is 24.1 Å². The van der Waals surface area contributed by atoms with Crippen LogP contribution in [0, 0.1) is 0 Å². The number of anilines is 1. The van der Waals surface area contributed by atoms with E-state index >= 15 is 0 Å². The smallest absolute Gasteiger partial charge is 0.248 e. The molecule has 1 atom stereocenters. The van der Waals surface area contributed by atoms with Crippen molar-refractivity contribution in [2.24, 2.45) is 0 Å². The van der Waals surface area contributed by atoms with E-state index in [0.717, 1.165) is 47.7 Å². The van der Waals surface area contributed by atoms with Gasteiger partial charge in [0.2, 0.25) is 11.8 Å². The Labute approximate surface area is 248 Å². The van der Waals surface area contributed by atoms with Crippen molar-refractivity contribution in [1.29, 1.82) is 0 Å². The highest BCUT2D eigenvalue weighted by molar-refractivity contribution is 6.03. The third kappa shape index (κ3) is 6.30. The summed E-state index contributed by atoms with van der Waals surface area (Å²) in [6.45, 7) is 4.28. The number of nitrogens with one attached hydrogen (secondary N) is 2. The van der Waals surface area contributed by atoms with Crippen molar-refractivity contribution >= 4 is 28.4 Å². The van der Waals surface area contributed by atoms with Gasteiger partial charge in [0.15, 0.2) is 11.5 Å². The lowest BCUT2D eigenvalue weighted by molar-refractivity contribution is -0.127. The van der Waals surface area contributed by atoms with Crippen molar-refractivity contribution in [2.75, 3.05) is 19.1 Å². The van der Waals surface area contributed by atoms with Gasteiger partial charge in [0, 0.05) is 28.8 Å². The number of H-pyrrole nitrogens is 1. The van der Waals surface area contributed by atoms with Crippen LogP contribution in [0.15, 0.2) is 72.9 Å². The van der Waals surface area contributed by atoms with Crippen LogP contribution >= 0.6 is 0 Å². The summed E-state index contributed by atoms with van der Waals surface area (Å²) >= 11 is 0. The number of methoxy groups -OCH3 is 2. The zero-order valence-electron chi connectivity index (χ0n) is 25.0. The molecule has 2 N–H and O–H groups in total. The highest BCUT2D eigenvalue weighted by atomic mass is 16.5. The van der Waals surface area contributed by atoms with Gasteiger partial charge in [0.1, 0.15) is 6.04 Å². The number of nitrogens with zero attached hydrogens (tertiary/aromatic N) is 1. The van der Waals surface area contributed by atoms with Gasteiger partial charge in [0.25, 0.3) is 0 Å². The predicted molar refractivity (Wildman–Crippen MR) is 167 cm³/mol. The average molecular weight is 568 g/mol. The van der Waals surface area contributed by atoms with Crippen molar-refractivity contribution in [3.05, 3.63) is 89.6 Å². The monoisotopic (exact) mass is 567 g/mol. The minimum atomic E-state index is -0.908. The molecular weight excluding hydrogens is 526 g/mol. The number of aromatic amines is 1. The predicted octanol–water partition coefficient (Wildman–Crippen LogP) is 7.07. The fourth-order valence-electron chi connectivity index (χ4n) is 5.95. The lowest BCUT2D eigenvalue weighted by Gasteiger charge is -2.34. The number of aromatic nitrogens is 1. The van der Waals surface area contributed by atoms with Gasteiger partial charge in [-0.2, -0.15) is 0 Å². The van der Waals surface area contributed by atoms with E-state index in [-0.39, 0.29) is 24.3 Å². The number of rotatable bonds is 10. The molecule has 7 heteroatoms. The molecule has 4 aromatic rings. The van der Waals surface area contributed by atoms with Gasteiger partial charge in [-0.3, -0.25) is 14.5 Å². The Morgan fingerprint density at radius 2 is 1.60 bits per heavy atom. The Kier molecular flexibility index (Phi) is 9.15. The third-order valence-electron chi connectivity index (χ3n) is 8.30. The zero-order chi connectivity index (χ0) is 29.6. The first-order chi connectivity index (χ1) is 20.4. The highest BCUT2D eigenvalue weighted by Crippen LogP contribution is 2.36. The lowest BCUT2D eigenvalue weighted by Crippen LogP contribution is -2.47. The molecule has 0 bridgehead atoms. The largest absolute Gasteiger partial charge is 0.493 e. The molecule has 1 aromatic heterocycles. The first-order valence-electron chi connectivity index (χ1n) is 14.9. The molecular formula is C35H41N3O4. The number of benzene rings is 3. The molecule has 7 nitrogen and oxygen atoms in total. The van der Waals surface area contributed by atoms with Gasteiger partial charge in [0.05, 0.1) is 20.6 Å². The molecule has 0 spiro atoms. The number of ether oxygens (including phenoxy) is 2. The molecule has 0 saturated heterocycles. The van der Waals surface area contributed by atoms with Crippen LogP contribution < -0.4 is 19.7 Å². The van der Waals surface area contributed by atoms with Gasteiger partial charge in [-0.25, -0.2) is 0 Å². The molecule has 220 valence electrons. The Hall–Kier alpha value is -4.26. The van der Waals surface area contributed by atoms with Crippen molar-refractivity contribution in [3.63, 3.8) is 0 Å². The summed E-state index contributed by atoms with van der Waals surface area (Å²) in [5.74, 6) is 1.03. The van der Waals surface area contributed by atoms with Gasteiger partial charge in [-0.15, -0.1) is 0 Å². The number of fused-ring (bicyclic) bond motifs is 1. The van der Waals surface area contributed by atoms with Crippen molar-refractivity contribution in [1.82, 2.24) is 10.3 Å². The number of para-hydroxylation sites is 1. The summed E-state index contributed by atoms with van der Waals surface area (Å²) in [4.78, 5) is 33.7. The van der Waals surface area contributed by atoms with Crippen LogP contribution in [-0.2, 0) is 16.0 Å². The quantitative estimate of drug-likeness (QED) is 0.215. The van der Waals surface area contributed by atoms with Gasteiger partial charge >= 0.3 is 0 Å². The van der Waals surface area contributed by atoms with E-state index in [1.165, 1.54) is 6.42 Å². The second-order valence-electron chi connectivity index (χ2n) is 11.4. The molecule has 0 radical (unpaired) electrons. The minimum Gasteiger partial charge on any atom is -0.493 e. The van der Waals surface area contributed by atoms with E-state index in [1.54, 1.807) is 31.3 Å². The average Bonchev–Trinajstić information content (AvgIpc) is 3.42. The fraction of sp³-hybridized carbons (Fsp3) is 0.371. The normalized spacial score (nSPS) is 14.5. The Morgan fingerprint density at radius 1 is 0.905 bits per heavy atom. The van der Waals surface area contributed by atoms with Gasteiger partial charge in [-0.1, -0.05) is 69.5 Å². The molecule has 0 aliphatic heterocycles. The number of amides is 2. The SMILES string of the molecule is COc1ccc(C(C(=O)NC2CCCCC2)N(C(=O)Cc2c[nH]c3ccccc23)c2ccc(C(C)C)cc2)cc1OC. The summed E-state index contributed by atoms with van der Waals surface area (Å²) in [7, 11) is 3.15. The zero-order valence-corrected chi connectivity index (χ0v) is 25.0.